The van der Waals surface area contributed by atoms with E-state index >= 15 is 4.39 Å². The zero-order chi connectivity index (χ0) is 31.6. The summed E-state index contributed by atoms with van der Waals surface area (Å²) in [5.74, 6) is -4.34. The summed E-state index contributed by atoms with van der Waals surface area (Å²) in [5.41, 5.74) is 3.39. The lowest BCUT2D eigenvalue weighted by molar-refractivity contribution is -0.123. The summed E-state index contributed by atoms with van der Waals surface area (Å²) >= 11 is 0. The van der Waals surface area contributed by atoms with Gasteiger partial charge >= 0.3 is 0 Å². The average molecular weight is 608 g/mol. The fraction of sp³-hybridized carbons (Fsp3) is 0.500. The van der Waals surface area contributed by atoms with Crippen molar-refractivity contribution >= 4 is 17.5 Å². The van der Waals surface area contributed by atoms with Crippen LogP contribution in [0.4, 0.5) is 18.9 Å². The highest BCUT2D eigenvalue weighted by atomic mass is 19.3. The fourth-order valence-electron chi connectivity index (χ4n) is 6.76. The third kappa shape index (κ3) is 7.28. The van der Waals surface area contributed by atoms with Crippen molar-refractivity contribution < 1.29 is 22.8 Å². The minimum Gasteiger partial charge on any atom is -0.334 e. The molecule has 1 aliphatic carbocycles. The van der Waals surface area contributed by atoms with Gasteiger partial charge in [-0.3, -0.25) is 14.5 Å². The molecule has 0 saturated carbocycles. The second-order valence-corrected chi connectivity index (χ2v) is 13.7. The average Bonchev–Trinajstić information content (AvgIpc) is 2.98. The lowest BCUT2D eigenvalue weighted by atomic mass is 9.77. The Morgan fingerprint density at radius 2 is 1.77 bits per heavy atom. The van der Waals surface area contributed by atoms with Gasteiger partial charge in [0.05, 0.1) is 17.5 Å². The van der Waals surface area contributed by atoms with Gasteiger partial charge in [-0.25, -0.2) is 13.2 Å². The van der Waals surface area contributed by atoms with Gasteiger partial charge in [0.2, 0.25) is 5.91 Å². The number of hydrogen-bond acceptors (Lipinski definition) is 3. The third-order valence-electron chi connectivity index (χ3n) is 9.36. The van der Waals surface area contributed by atoms with Crippen LogP contribution in [-0.4, -0.2) is 59.8 Å². The highest BCUT2D eigenvalue weighted by Gasteiger charge is 2.43. The molecule has 2 aliphatic heterocycles. The van der Waals surface area contributed by atoms with Crippen molar-refractivity contribution in [2.75, 3.05) is 31.5 Å². The van der Waals surface area contributed by atoms with E-state index in [-0.39, 0.29) is 35.6 Å². The number of likely N-dealkylation sites (tertiary alicyclic amines) is 2. The van der Waals surface area contributed by atoms with E-state index in [1.165, 1.54) is 6.07 Å². The molecule has 2 heterocycles. The van der Waals surface area contributed by atoms with Crippen molar-refractivity contribution in [3.63, 3.8) is 0 Å². The molecular formula is C36H44F3N3O2. The molecule has 8 heteroatoms. The largest absolute Gasteiger partial charge is 0.334 e. The number of nitrogens with one attached hydrogen (secondary N) is 1. The Bertz CT molecular complexity index is 1410. The number of benzene rings is 2. The molecule has 2 aromatic rings. The lowest BCUT2D eigenvalue weighted by Crippen LogP contribution is -2.55. The monoisotopic (exact) mass is 607 g/mol. The Balaban J connectivity index is 1.39. The minimum atomic E-state index is -2.59. The van der Waals surface area contributed by atoms with Gasteiger partial charge in [0, 0.05) is 50.6 Å². The van der Waals surface area contributed by atoms with Gasteiger partial charge < -0.3 is 10.2 Å². The highest BCUT2D eigenvalue weighted by Crippen LogP contribution is 2.37. The number of aryl methyl sites for hydroxylation is 1. The lowest BCUT2D eigenvalue weighted by Gasteiger charge is -2.44. The van der Waals surface area contributed by atoms with Crippen molar-refractivity contribution in [2.45, 2.75) is 77.2 Å². The Hall–Kier alpha value is -3.39. The fourth-order valence-corrected chi connectivity index (χ4v) is 6.76. The molecule has 2 saturated heterocycles. The Morgan fingerprint density at radius 3 is 2.43 bits per heavy atom. The maximum atomic E-state index is 15.0. The van der Waals surface area contributed by atoms with Gasteiger partial charge in [-0.1, -0.05) is 63.3 Å². The zero-order valence-corrected chi connectivity index (χ0v) is 26.2. The second-order valence-electron chi connectivity index (χ2n) is 13.7. The molecule has 236 valence electrons. The molecule has 0 bridgehead atoms. The van der Waals surface area contributed by atoms with Gasteiger partial charge in [0.15, 0.2) is 0 Å². The van der Waals surface area contributed by atoms with E-state index in [0.717, 1.165) is 11.1 Å². The Labute approximate surface area is 259 Å². The summed E-state index contributed by atoms with van der Waals surface area (Å²) in [7, 11) is 0. The summed E-state index contributed by atoms with van der Waals surface area (Å²) < 4.78 is 42.3. The second kappa shape index (κ2) is 12.9. The van der Waals surface area contributed by atoms with Crippen LogP contribution < -0.4 is 5.32 Å². The summed E-state index contributed by atoms with van der Waals surface area (Å²) in [5, 5.41) is 3.13. The first-order chi connectivity index (χ1) is 20.8. The van der Waals surface area contributed by atoms with Crippen LogP contribution in [-0.2, 0) is 10.2 Å². The van der Waals surface area contributed by atoms with E-state index in [0.29, 0.717) is 56.7 Å². The van der Waals surface area contributed by atoms with E-state index in [9.17, 15) is 18.4 Å². The smallest absolute Gasteiger partial charge is 0.257 e. The highest BCUT2D eigenvalue weighted by molar-refractivity contribution is 5.98. The number of rotatable bonds is 6. The Kier molecular flexibility index (Phi) is 9.40. The maximum absolute atomic E-state index is 15.0. The number of carbonyl (C=O) groups is 2. The number of halogens is 3. The number of alkyl halides is 2. The van der Waals surface area contributed by atoms with Gasteiger partial charge in [0.25, 0.3) is 11.8 Å². The molecular weight excluding hydrogens is 563 g/mol. The molecule has 0 radical (unpaired) electrons. The SMILES string of the molecule is Cc1cccc(F)c1C(=O)N1CCCC(C(=O)Nc2cccc(C(C)(C)C)c2)[C@@H]1C1C=CC(CN2CCC(F)(F)CC2)=CC1. The van der Waals surface area contributed by atoms with E-state index < -0.39 is 29.6 Å². The van der Waals surface area contributed by atoms with Gasteiger partial charge in [-0.2, -0.15) is 0 Å². The molecule has 3 atom stereocenters. The number of amides is 2. The number of allylic oxidation sites excluding steroid dienone is 1. The number of piperidine rings is 2. The normalized spacial score (nSPS) is 24.1. The van der Waals surface area contributed by atoms with Crippen LogP contribution in [0.2, 0.25) is 0 Å². The molecule has 5 nitrogen and oxygen atoms in total. The van der Waals surface area contributed by atoms with Crippen molar-refractivity contribution in [3.8, 4) is 0 Å². The first-order valence-electron chi connectivity index (χ1n) is 15.8. The number of anilines is 1. The molecule has 2 amide bonds. The first-order valence-corrected chi connectivity index (χ1v) is 15.8. The van der Waals surface area contributed by atoms with Crippen molar-refractivity contribution in [3.05, 3.63) is 88.8 Å². The van der Waals surface area contributed by atoms with E-state index in [1.807, 2.05) is 35.2 Å². The predicted molar refractivity (Wildman–Crippen MR) is 168 cm³/mol. The van der Waals surface area contributed by atoms with Crippen LogP contribution in [0.25, 0.3) is 0 Å². The van der Waals surface area contributed by atoms with Gasteiger partial charge in [0.1, 0.15) is 5.82 Å². The van der Waals surface area contributed by atoms with Crippen molar-refractivity contribution in [1.29, 1.82) is 0 Å². The number of nitrogens with zero attached hydrogens (tertiary/aromatic N) is 2. The van der Waals surface area contributed by atoms with Gasteiger partial charge in [-0.05, 0) is 66.5 Å². The molecule has 44 heavy (non-hydrogen) atoms. The molecule has 5 rings (SSSR count). The number of carbonyl (C=O) groups excluding carboxylic acids is 2. The van der Waals surface area contributed by atoms with Crippen molar-refractivity contribution in [2.24, 2.45) is 11.8 Å². The molecule has 0 aromatic heterocycles. The summed E-state index contributed by atoms with van der Waals surface area (Å²) in [6, 6.07) is 12.0. The van der Waals surface area contributed by atoms with E-state index in [4.69, 9.17) is 0 Å². The summed E-state index contributed by atoms with van der Waals surface area (Å²) in [6.45, 7) is 9.83. The van der Waals surface area contributed by atoms with Crippen LogP contribution in [0.5, 0.6) is 0 Å². The van der Waals surface area contributed by atoms with Crippen LogP contribution in [0.15, 0.2) is 66.3 Å². The molecule has 3 aliphatic rings. The molecule has 2 aromatic carbocycles. The van der Waals surface area contributed by atoms with Crippen LogP contribution in [0.1, 0.15) is 74.4 Å². The van der Waals surface area contributed by atoms with Gasteiger partial charge in [-0.15, -0.1) is 0 Å². The minimum absolute atomic E-state index is 0.0503. The third-order valence-corrected chi connectivity index (χ3v) is 9.36. The summed E-state index contributed by atoms with van der Waals surface area (Å²) in [4.78, 5) is 31.7. The predicted octanol–water partition coefficient (Wildman–Crippen LogP) is 7.52. The number of hydrogen-bond donors (Lipinski definition) is 1. The zero-order valence-electron chi connectivity index (χ0n) is 26.2. The standard InChI is InChI=1S/C36H44F3N3O2/c1-24-8-5-12-30(37)31(24)34(44)42-19-7-11-29(33(43)40-28-10-6-9-27(22-28)35(2,3)4)32(42)26-15-13-25(14-16-26)23-41-20-17-36(38,39)18-21-41/h5-6,8-10,12-15,22,26,29,32H,7,11,16-21,23H2,1-4H3,(H,40,43)/t26?,29?,32-/m0/s1. The quantitative estimate of drug-likeness (QED) is 0.370. The Morgan fingerprint density at radius 1 is 1.05 bits per heavy atom. The van der Waals surface area contributed by atoms with E-state index in [2.05, 4.69) is 38.2 Å². The van der Waals surface area contributed by atoms with Crippen molar-refractivity contribution in [1.82, 2.24) is 9.80 Å². The first kappa shape index (κ1) is 32.0. The summed E-state index contributed by atoms with van der Waals surface area (Å²) in [6.07, 6.45) is 7.75. The topological polar surface area (TPSA) is 52.7 Å². The molecule has 2 fully saturated rings. The molecule has 2 unspecified atom stereocenters. The van der Waals surface area contributed by atoms with E-state index in [1.54, 1.807) is 24.0 Å². The van der Waals surface area contributed by atoms with Crippen LogP contribution in [0, 0.1) is 24.6 Å². The maximum Gasteiger partial charge on any atom is 0.257 e. The molecule has 1 N–H and O–H groups in total. The molecule has 0 spiro atoms. The van der Waals surface area contributed by atoms with Crippen LogP contribution >= 0.6 is 0 Å². The van der Waals surface area contributed by atoms with Crippen LogP contribution in [0.3, 0.4) is 0 Å².